The Hall–Kier alpha value is -2.32. The molecule has 0 bridgehead atoms. The molecule has 0 fully saturated rings. The van der Waals surface area contributed by atoms with Gasteiger partial charge in [0, 0.05) is 16.7 Å². The zero-order valence-corrected chi connectivity index (χ0v) is 15.8. The second-order valence-electron chi connectivity index (χ2n) is 5.69. The van der Waals surface area contributed by atoms with Gasteiger partial charge in [-0.2, -0.15) is 0 Å². The molecule has 1 N–H and O–H groups in total. The van der Waals surface area contributed by atoms with Crippen molar-refractivity contribution in [2.24, 2.45) is 0 Å². The third-order valence-corrected chi connectivity index (χ3v) is 5.82. The maximum Gasteiger partial charge on any atom is 0.237 e. The number of hydrogen-bond donors (Lipinski definition) is 1. The van der Waals surface area contributed by atoms with E-state index >= 15 is 0 Å². The first-order valence-corrected chi connectivity index (χ1v) is 9.93. The van der Waals surface area contributed by atoms with Crippen molar-refractivity contribution < 1.29 is 18.0 Å². The average Bonchev–Trinajstić information content (AvgIpc) is 3.12. The van der Waals surface area contributed by atoms with E-state index in [1.54, 1.807) is 19.1 Å². The smallest absolute Gasteiger partial charge is 0.237 e. The lowest BCUT2D eigenvalue weighted by atomic mass is 10.2. The molecule has 140 valence electrons. The molecule has 0 saturated heterocycles. The van der Waals surface area contributed by atoms with E-state index in [1.165, 1.54) is 41.3 Å². The predicted molar refractivity (Wildman–Crippen MR) is 103 cm³/mol. The fourth-order valence-corrected chi connectivity index (χ4v) is 3.94. The fraction of sp³-hybridized carbons (Fsp3) is 0.158. The number of halogens is 3. The Balaban J connectivity index is 1.58. The summed E-state index contributed by atoms with van der Waals surface area (Å²) < 4.78 is 40.2. The van der Waals surface area contributed by atoms with Crippen molar-refractivity contribution in [2.75, 3.05) is 5.32 Å². The number of thioether (sulfide) groups is 1. The van der Waals surface area contributed by atoms with Gasteiger partial charge in [0.25, 0.3) is 0 Å². The summed E-state index contributed by atoms with van der Waals surface area (Å²) in [4.78, 5) is 16.7. The van der Waals surface area contributed by atoms with Crippen LogP contribution in [-0.4, -0.2) is 16.1 Å². The Morgan fingerprint density at radius 1 is 1.15 bits per heavy atom. The number of thiazole rings is 1. The number of nitrogens with one attached hydrogen (secondary N) is 1. The molecule has 0 saturated carbocycles. The van der Waals surface area contributed by atoms with E-state index < -0.39 is 28.5 Å². The number of aromatic nitrogens is 1. The van der Waals surface area contributed by atoms with Crippen molar-refractivity contribution in [1.29, 1.82) is 0 Å². The van der Waals surface area contributed by atoms with Crippen LogP contribution in [0.5, 0.6) is 0 Å². The number of nitrogens with zero attached hydrogens (tertiary/aromatic N) is 1. The minimum atomic E-state index is -0.816. The highest BCUT2D eigenvalue weighted by Gasteiger charge is 2.18. The first kappa shape index (κ1) is 19.4. The molecule has 0 aliphatic heterocycles. The van der Waals surface area contributed by atoms with E-state index in [1.807, 2.05) is 5.38 Å². The lowest BCUT2D eigenvalue weighted by Gasteiger charge is -2.12. The van der Waals surface area contributed by atoms with Crippen LogP contribution in [0.25, 0.3) is 10.6 Å². The number of para-hydroxylation sites is 1. The van der Waals surface area contributed by atoms with Gasteiger partial charge in [0.2, 0.25) is 5.91 Å². The van der Waals surface area contributed by atoms with Gasteiger partial charge in [-0.3, -0.25) is 4.79 Å². The number of hydrogen-bond acceptors (Lipinski definition) is 4. The maximum atomic E-state index is 13.6. The highest BCUT2D eigenvalue weighted by atomic mass is 32.2. The van der Waals surface area contributed by atoms with Crippen LogP contribution in [0.3, 0.4) is 0 Å². The van der Waals surface area contributed by atoms with E-state index in [0.717, 1.165) is 28.4 Å². The van der Waals surface area contributed by atoms with Crippen LogP contribution in [0.15, 0.2) is 47.8 Å². The van der Waals surface area contributed by atoms with Crippen LogP contribution in [0, 0.1) is 17.5 Å². The molecule has 0 spiro atoms. The Labute approximate surface area is 162 Å². The second-order valence-corrected chi connectivity index (χ2v) is 7.88. The molecular weight excluding hydrogens is 393 g/mol. The van der Waals surface area contributed by atoms with Gasteiger partial charge in [-0.25, -0.2) is 18.2 Å². The van der Waals surface area contributed by atoms with Gasteiger partial charge < -0.3 is 5.32 Å². The fourth-order valence-electron chi connectivity index (χ4n) is 2.23. The highest BCUT2D eigenvalue weighted by Crippen LogP contribution is 2.27. The number of carbonyl (C=O) groups is 1. The minimum absolute atomic E-state index is 0.308. The van der Waals surface area contributed by atoms with Gasteiger partial charge in [-0.1, -0.05) is 6.07 Å². The van der Waals surface area contributed by atoms with Crippen LogP contribution >= 0.6 is 23.1 Å². The monoisotopic (exact) mass is 408 g/mol. The Bertz CT molecular complexity index is 924. The molecule has 0 aliphatic carbocycles. The van der Waals surface area contributed by atoms with Gasteiger partial charge in [-0.15, -0.1) is 23.1 Å². The normalized spacial score (nSPS) is 12.0. The first-order chi connectivity index (χ1) is 12.9. The summed E-state index contributed by atoms with van der Waals surface area (Å²) in [5.74, 6) is -1.96. The van der Waals surface area contributed by atoms with Crippen molar-refractivity contribution in [3.05, 3.63) is 71.0 Å². The Morgan fingerprint density at radius 2 is 1.81 bits per heavy atom. The summed E-state index contributed by atoms with van der Waals surface area (Å²) in [6.45, 7) is 1.66. The summed E-state index contributed by atoms with van der Waals surface area (Å²) in [7, 11) is 0. The molecule has 1 heterocycles. The van der Waals surface area contributed by atoms with E-state index in [2.05, 4.69) is 10.3 Å². The molecule has 0 aliphatic rings. The molecule has 27 heavy (non-hydrogen) atoms. The zero-order valence-electron chi connectivity index (χ0n) is 14.2. The molecule has 1 atom stereocenters. The van der Waals surface area contributed by atoms with Crippen molar-refractivity contribution in [2.45, 2.75) is 17.9 Å². The van der Waals surface area contributed by atoms with Crippen LogP contribution in [0.1, 0.15) is 12.6 Å². The summed E-state index contributed by atoms with van der Waals surface area (Å²) in [5, 5.41) is 4.39. The van der Waals surface area contributed by atoms with E-state index in [0.29, 0.717) is 5.75 Å². The predicted octanol–water partition coefficient (Wildman–Crippen LogP) is 5.49. The van der Waals surface area contributed by atoms with Crippen LogP contribution in [0.2, 0.25) is 0 Å². The maximum absolute atomic E-state index is 13.6. The molecule has 0 radical (unpaired) electrons. The second kappa shape index (κ2) is 8.58. The summed E-state index contributed by atoms with van der Waals surface area (Å²) in [6.07, 6.45) is 0. The van der Waals surface area contributed by atoms with Crippen LogP contribution in [-0.2, 0) is 10.5 Å². The molecule has 1 amide bonds. The number of rotatable bonds is 6. The minimum Gasteiger partial charge on any atom is -0.320 e. The lowest BCUT2D eigenvalue weighted by Crippen LogP contribution is -2.23. The summed E-state index contributed by atoms with van der Waals surface area (Å²) >= 11 is 2.74. The Morgan fingerprint density at radius 3 is 2.48 bits per heavy atom. The molecule has 1 unspecified atom stereocenters. The standard InChI is InChI=1S/C19H15F3N2OS2/c1-11(18(25)24-17-15(21)3-2-4-16(17)22)26-9-14-10-27-19(23-14)12-5-7-13(20)8-6-12/h2-8,10-11H,9H2,1H3,(H,24,25). The Kier molecular flexibility index (Phi) is 6.18. The number of anilines is 1. The summed E-state index contributed by atoms with van der Waals surface area (Å²) in [6, 6.07) is 9.47. The van der Waals surface area contributed by atoms with E-state index in [9.17, 15) is 18.0 Å². The third-order valence-electron chi connectivity index (χ3n) is 3.70. The first-order valence-electron chi connectivity index (χ1n) is 8.01. The third kappa shape index (κ3) is 4.90. The SMILES string of the molecule is CC(SCc1csc(-c2ccc(F)cc2)n1)C(=O)Nc1c(F)cccc1F. The molecule has 8 heteroatoms. The van der Waals surface area contributed by atoms with Crippen LogP contribution < -0.4 is 5.32 Å². The molecule has 3 nitrogen and oxygen atoms in total. The van der Waals surface area contributed by atoms with Crippen molar-refractivity contribution in [3.63, 3.8) is 0 Å². The molecule has 2 aromatic carbocycles. The zero-order chi connectivity index (χ0) is 19.4. The van der Waals surface area contributed by atoms with Crippen molar-refractivity contribution >= 4 is 34.7 Å². The molecule has 3 rings (SSSR count). The van der Waals surface area contributed by atoms with Crippen molar-refractivity contribution in [3.8, 4) is 10.6 Å². The molecule has 3 aromatic rings. The molecule has 1 aromatic heterocycles. The lowest BCUT2D eigenvalue weighted by molar-refractivity contribution is -0.115. The number of amides is 1. The average molecular weight is 408 g/mol. The number of benzene rings is 2. The van der Waals surface area contributed by atoms with E-state index in [4.69, 9.17) is 0 Å². The van der Waals surface area contributed by atoms with Crippen LogP contribution in [0.4, 0.5) is 18.9 Å². The topological polar surface area (TPSA) is 42.0 Å². The number of carbonyl (C=O) groups excluding carboxylic acids is 1. The quantitative estimate of drug-likeness (QED) is 0.587. The van der Waals surface area contributed by atoms with Gasteiger partial charge in [0.1, 0.15) is 28.1 Å². The van der Waals surface area contributed by atoms with E-state index in [-0.39, 0.29) is 5.82 Å². The van der Waals surface area contributed by atoms with Gasteiger partial charge in [-0.05, 0) is 43.3 Å². The highest BCUT2D eigenvalue weighted by molar-refractivity contribution is 7.99. The molecular formula is C19H15F3N2OS2. The largest absolute Gasteiger partial charge is 0.320 e. The summed E-state index contributed by atoms with van der Waals surface area (Å²) in [5.41, 5.74) is 1.15. The van der Waals surface area contributed by atoms with Gasteiger partial charge in [0.05, 0.1) is 10.9 Å². The van der Waals surface area contributed by atoms with Gasteiger partial charge in [0.15, 0.2) is 0 Å². The van der Waals surface area contributed by atoms with Gasteiger partial charge >= 0.3 is 0 Å². The van der Waals surface area contributed by atoms with Crippen molar-refractivity contribution in [1.82, 2.24) is 4.98 Å².